The van der Waals surface area contributed by atoms with E-state index in [4.69, 9.17) is 9.84 Å². The van der Waals surface area contributed by atoms with Crippen molar-refractivity contribution in [1.82, 2.24) is 18.7 Å². The second-order valence-electron chi connectivity index (χ2n) is 5.26. The number of aromatic nitrogens is 4. The van der Waals surface area contributed by atoms with Gasteiger partial charge in [0.15, 0.2) is 17.4 Å². The van der Waals surface area contributed by atoms with E-state index in [0.717, 1.165) is 4.57 Å². The smallest absolute Gasteiger partial charge is 0.332 e. The highest BCUT2D eigenvalue weighted by Gasteiger charge is 2.44. The first-order chi connectivity index (χ1) is 10.4. The van der Waals surface area contributed by atoms with E-state index in [1.807, 2.05) is 0 Å². The molecule has 0 saturated carbocycles. The summed E-state index contributed by atoms with van der Waals surface area (Å²) in [5, 5.41) is 29.0. The monoisotopic (exact) mass is 312 g/mol. The highest BCUT2D eigenvalue weighted by molar-refractivity contribution is 5.70. The molecule has 10 heteroatoms. The molecule has 0 aliphatic carbocycles. The number of aryl methyl sites for hydroxylation is 1. The Morgan fingerprint density at radius 1 is 1.23 bits per heavy atom. The maximum Gasteiger partial charge on any atom is 0.332 e. The van der Waals surface area contributed by atoms with Gasteiger partial charge in [0, 0.05) is 14.1 Å². The molecule has 3 rings (SSSR count). The molecule has 1 aliphatic heterocycles. The summed E-state index contributed by atoms with van der Waals surface area (Å²) in [4.78, 5) is 28.2. The third-order valence-corrected chi connectivity index (χ3v) is 3.96. The Morgan fingerprint density at radius 3 is 2.50 bits per heavy atom. The zero-order valence-electron chi connectivity index (χ0n) is 11.9. The quantitative estimate of drug-likeness (QED) is 0.540. The summed E-state index contributed by atoms with van der Waals surface area (Å²) in [5.41, 5.74) is -0.900. The summed E-state index contributed by atoms with van der Waals surface area (Å²) in [7, 11) is 2.80. The van der Waals surface area contributed by atoms with E-state index in [0.29, 0.717) is 0 Å². The van der Waals surface area contributed by atoms with Crippen LogP contribution in [-0.4, -0.2) is 58.9 Å². The zero-order valence-corrected chi connectivity index (χ0v) is 11.9. The number of rotatable bonds is 2. The maximum atomic E-state index is 12.3. The molecule has 1 aliphatic rings. The number of imidazole rings is 1. The van der Waals surface area contributed by atoms with Crippen molar-refractivity contribution in [3.05, 3.63) is 27.2 Å². The molecule has 0 aromatic carbocycles. The summed E-state index contributed by atoms with van der Waals surface area (Å²) in [6.07, 6.45) is -3.41. The minimum Gasteiger partial charge on any atom is -0.394 e. The van der Waals surface area contributed by atoms with Crippen molar-refractivity contribution in [2.24, 2.45) is 14.1 Å². The maximum absolute atomic E-state index is 12.3. The summed E-state index contributed by atoms with van der Waals surface area (Å²) in [6, 6.07) is 0. The Labute approximate surface area is 123 Å². The van der Waals surface area contributed by atoms with Gasteiger partial charge >= 0.3 is 5.69 Å². The van der Waals surface area contributed by atoms with Crippen molar-refractivity contribution >= 4 is 11.2 Å². The van der Waals surface area contributed by atoms with Gasteiger partial charge in [-0.3, -0.25) is 18.5 Å². The largest absolute Gasteiger partial charge is 0.394 e. The second kappa shape index (κ2) is 5.02. The molecule has 2 aromatic heterocycles. The Kier molecular flexibility index (Phi) is 3.40. The van der Waals surface area contributed by atoms with Crippen molar-refractivity contribution < 1.29 is 20.1 Å². The molecule has 0 amide bonds. The highest BCUT2D eigenvalue weighted by Crippen LogP contribution is 2.30. The zero-order chi connectivity index (χ0) is 16.2. The average molecular weight is 312 g/mol. The van der Waals surface area contributed by atoms with Crippen LogP contribution < -0.4 is 11.2 Å². The van der Waals surface area contributed by atoms with Crippen LogP contribution in [0.25, 0.3) is 11.2 Å². The van der Waals surface area contributed by atoms with E-state index in [2.05, 4.69) is 4.98 Å². The van der Waals surface area contributed by atoms with Gasteiger partial charge in [0.1, 0.15) is 18.3 Å². The molecule has 10 nitrogen and oxygen atoms in total. The van der Waals surface area contributed by atoms with Gasteiger partial charge in [-0.15, -0.1) is 0 Å². The van der Waals surface area contributed by atoms with E-state index >= 15 is 0 Å². The van der Waals surface area contributed by atoms with Crippen molar-refractivity contribution in [1.29, 1.82) is 0 Å². The molecule has 1 unspecified atom stereocenters. The van der Waals surface area contributed by atoms with Crippen LogP contribution in [-0.2, 0) is 18.8 Å². The van der Waals surface area contributed by atoms with Crippen LogP contribution >= 0.6 is 0 Å². The number of nitrogens with zero attached hydrogens (tertiary/aromatic N) is 4. The number of fused-ring (bicyclic) bond motifs is 1. The van der Waals surface area contributed by atoms with Gasteiger partial charge in [-0.05, 0) is 0 Å². The summed E-state index contributed by atoms with van der Waals surface area (Å²) < 4.78 is 8.78. The van der Waals surface area contributed by atoms with Crippen LogP contribution in [0.1, 0.15) is 6.23 Å². The van der Waals surface area contributed by atoms with Gasteiger partial charge in [0.25, 0.3) is 5.56 Å². The number of ether oxygens (including phenoxy) is 1. The molecule has 22 heavy (non-hydrogen) atoms. The van der Waals surface area contributed by atoms with Crippen LogP contribution in [0.4, 0.5) is 0 Å². The van der Waals surface area contributed by atoms with Crippen LogP contribution in [0.2, 0.25) is 0 Å². The lowest BCUT2D eigenvalue weighted by molar-refractivity contribution is -0.0509. The first kappa shape index (κ1) is 14.9. The fourth-order valence-electron chi connectivity index (χ4n) is 2.67. The lowest BCUT2D eigenvalue weighted by Crippen LogP contribution is -2.38. The van der Waals surface area contributed by atoms with Crippen molar-refractivity contribution in [2.75, 3.05) is 6.61 Å². The standard InChI is InChI=1S/C12H16N4O6/c1-14-9-6(10(20)15(2)12(14)21)16(4-13-9)11-8(19)7(18)5(3-17)22-11/h4-5,7-8,11,17-19H,3H2,1-2H3/t5-,7-,8-,11?/m1/s1. The van der Waals surface area contributed by atoms with Gasteiger partial charge < -0.3 is 20.1 Å². The molecule has 0 spiro atoms. The molecule has 2 aromatic rings. The van der Waals surface area contributed by atoms with E-state index < -0.39 is 42.4 Å². The molecule has 3 N–H and O–H groups in total. The Morgan fingerprint density at radius 2 is 1.91 bits per heavy atom. The van der Waals surface area contributed by atoms with E-state index in [1.165, 1.54) is 29.6 Å². The topological polar surface area (TPSA) is 132 Å². The lowest BCUT2D eigenvalue weighted by Gasteiger charge is -2.17. The minimum absolute atomic E-state index is 0.0689. The van der Waals surface area contributed by atoms with Crippen molar-refractivity contribution in [3.63, 3.8) is 0 Å². The fourth-order valence-corrected chi connectivity index (χ4v) is 2.67. The number of aliphatic hydroxyl groups is 3. The van der Waals surface area contributed by atoms with E-state index in [9.17, 15) is 19.8 Å². The van der Waals surface area contributed by atoms with Crippen molar-refractivity contribution in [3.8, 4) is 0 Å². The Bertz CT molecular complexity index is 836. The lowest BCUT2D eigenvalue weighted by atomic mass is 10.1. The van der Waals surface area contributed by atoms with Crippen LogP contribution in [0.5, 0.6) is 0 Å². The van der Waals surface area contributed by atoms with Gasteiger partial charge in [0.05, 0.1) is 12.9 Å². The molecule has 4 atom stereocenters. The molecular formula is C12H16N4O6. The van der Waals surface area contributed by atoms with E-state index in [-0.39, 0.29) is 11.2 Å². The molecule has 0 radical (unpaired) electrons. The van der Waals surface area contributed by atoms with Crippen LogP contribution in [0.15, 0.2) is 15.9 Å². The number of aliphatic hydroxyl groups excluding tert-OH is 3. The summed E-state index contributed by atoms with van der Waals surface area (Å²) >= 11 is 0. The van der Waals surface area contributed by atoms with Crippen molar-refractivity contribution in [2.45, 2.75) is 24.5 Å². The first-order valence-electron chi connectivity index (χ1n) is 6.63. The molecule has 1 fully saturated rings. The minimum atomic E-state index is -1.34. The van der Waals surface area contributed by atoms with Gasteiger partial charge in [-0.2, -0.15) is 0 Å². The van der Waals surface area contributed by atoms with Gasteiger partial charge in [-0.25, -0.2) is 9.78 Å². The second-order valence-corrected chi connectivity index (χ2v) is 5.26. The predicted octanol–water partition coefficient (Wildman–Crippen LogP) is -2.95. The summed E-state index contributed by atoms with van der Waals surface area (Å²) in [5.74, 6) is 0. The van der Waals surface area contributed by atoms with Gasteiger partial charge in [-0.1, -0.05) is 0 Å². The van der Waals surface area contributed by atoms with E-state index in [1.54, 1.807) is 0 Å². The van der Waals surface area contributed by atoms with Gasteiger partial charge in [0.2, 0.25) is 0 Å². The third kappa shape index (κ3) is 1.85. The fraction of sp³-hybridized carbons (Fsp3) is 0.583. The molecule has 0 bridgehead atoms. The normalized spacial score (nSPS) is 28.6. The predicted molar refractivity (Wildman–Crippen MR) is 73.2 cm³/mol. The molecule has 120 valence electrons. The molecular weight excluding hydrogens is 296 g/mol. The van der Waals surface area contributed by atoms with Crippen LogP contribution in [0.3, 0.4) is 0 Å². The highest BCUT2D eigenvalue weighted by atomic mass is 16.6. The Balaban J connectivity index is 2.22. The molecule has 3 heterocycles. The molecule has 1 saturated heterocycles. The van der Waals surface area contributed by atoms with Crippen LogP contribution in [0, 0.1) is 0 Å². The first-order valence-corrected chi connectivity index (χ1v) is 6.63. The average Bonchev–Trinajstić information content (AvgIpc) is 3.06. The number of hydrogen-bond acceptors (Lipinski definition) is 7. The number of hydrogen-bond donors (Lipinski definition) is 3. The summed E-state index contributed by atoms with van der Waals surface area (Å²) in [6.45, 7) is -0.474. The SMILES string of the molecule is Cn1c(=O)c2c(ncn2C2O[C@H](CO)[C@@H](O)[C@H]2O)n(C)c1=O. The third-order valence-electron chi connectivity index (χ3n) is 3.96. The Hall–Kier alpha value is -2.01.